The van der Waals surface area contributed by atoms with Crippen LogP contribution in [0.15, 0.2) is 12.1 Å². The summed E-state index contributed by atoms with van der Waals surface area (Å²) in [5.74, 6) is -1.76. The fourth-order valence-electron chi connectivity index (χ4n) is 1.93. The van der Waals surface area contributed by atoms with Gasteiger partial charge in [-0.25, -0.2) is 13.6 Å². The average molecular weight is 344 g/mol. The van der Waals surface area contributed by atoms with Gasteiger partial charge in [-0.15, -0.1) is 0 Å². The van der Waals surface area contributed by atoms with Crippen molar-refractivity contribution in [1.29, 1.82) is 0 Å². The Bertz CT molecular complexity index is 587. The Hall–Kier alpha value is -2.38. The van der Waals surface area contributed by atoms with Gasteiger partial charge in [0, 0.05) is 6.07 Å². The smallest absolute Gasteiger partial charge is 0.408 e. The summed E-state index contributed by atoms with van der Waals surface area (Å²) in [7, 11) is 1.26. The molecule has 0 aliphatic rings. The number of alkyl carbamates (subject to hydrolysis) is 1. The van der Waals surface area contributed by atoms with E-state index in [1.807, 2.05) is 0 Å². The van der Waals surface area contributed by atoms with E-state index in [4.69, 9.17) is 9.47 Å². The van der Waals surface area contributed by atoms with Crippen molar-refractivity contribution >= 4 is 12.6 Å². The second kappa shape index (κ2) is 8.47. The molecule has 1 unspecified atom stereocenters. The van der Waals surface area contributed by atoms with Crippen LogP contribution in [0.25, 0.3) is 0 Å². The number of hydrogen-bond acceptors (Lipinski definition) is 5. The van der Waals surface area contributed by atoms with Gasteiger partial charge < -0.3 is 19.5 Å². The number of carbonyl (C=O) groups is 2. The topological polar surface area (TPSA) is 73.9 Å². The van der Waals surface area contributed by atoms with Gasteiger partial charge in [-0.2, -0.15) is 0 Å². The van der Waals surface area contributed by atoms with E-state index in [0.717, 1.165) is 0 Å². The first kappa shape index (κ1) is 19.7. The van der Waals surface area contributed by atoms with Crippen molar-refractivity contribution in [3.05, 3.63) is 29.3 Å². The zero-order valence-corrected chi connectivity index (χ0v) is 14.0. The Morgan fingerprint density at radius 2 is 1.96 bits per heavy atom. The molecule has 1 amide bonds. The average Bonchev–Trinajstić information content (AvgIpc) is 2.45. The summed E-state index contributed by atoms with van der Waals surface area (Å²) >= 11 is 0. The number of ether oxygens (including phenoxy) is 3. The fourth-order valence-corrected chi connectivity index (χ4v) is 1.93. The zero-order valence-electron chi connectivity index (χ0n) is 14.0. The van der Waals surface area contributed by atoms with Gasteiger partial charge in [0.1, 0.15) is 18.0 Å². The Kier molecular flexibility index (Phi) is 6.94. The van der Waals surface area contributed by atoms with Crippen molar-refractivity contribution in [3.8, 4) is 5.75 Å². The molecule has 0 radical (unpaired) electrons. The van der Waals surface area contributed by atoms with E-state index in [-0.39, 0.29) is 30.8 Å². The lowest BCUT2D eigenvalue weighted by Gasteiger charge is -2.23. The summed E-state index contributed by atoms with van der Waals surface area (Å²) in [6.45, 7) is 5.09. The molecule has 0 saturated heterocycles. The van der Waals surface area contributed by atoms with Crippen LogP contribution in [0, 0.1) is 11.6 Å². The van der Waals surface area contributed by atoms with E-state index >= 15 is 0 Å². The first-order chi connectivity index (χ1) is 11.2. The third-order valence-corrected chi connectivity index (χ3v) is 2.87. The molecular weight excluding hydrogens is 323 g/mol. The molecule has 1 N–H and O–H groups in total. The Labute approximate surface area is 139 Å². The third kappa shape index (κ3) is 6.39. The minimum absolute atomic E-state index is 0.0461. The van der Waals surface area contributed by atoms with Crippen molar-refractivity contribution in [2.24, 2.45) is 0 Å². The van der Waals surface area contributed by atoms with E-state index in [1.165, 1.54) is 13.2 Å². The van der Waals surface area contributed by atoms with Gasteiger partial charge in [-0.3, -0.25) is 4.79 Å². The molecule has 8 heteroatoms. The minimum atomic E-state index is -0.834. The van der Waals surface area contributed by atoms with E-state index < -0.39 is 29.4 Å². The molecule has 134 valence electrons. The molecule has 0 fully saturated rings. The quantitative estimate of drug-likeness (QED) is 0.770. The van der Waals surface area contributed by atoms with Crippen LogP contribution in [-0.4, -0.2) is 37.9 Å². The maximum atomic E-state index is 13.9. The Balaban J connectivity index is 2.89. The summed E-state index contributed by atoms with van der Waals surface area (Å²) < 4.78 is 41.9. The predicted molar refractivity (Wildman–Crippen MR) is 81.8 cm³/mol. The van der Waals surface area contributed by atoms with Crippen molar-refractivity contribution in [2.75, 3.05) is 13.7 Å². The van der Waals surface area contributed by atoms with Gasteiger partial charge in [0.05, 0.1) is 13.2 Å². The van der Waals surface area contributed by atoms with Crippen LogP contribution in [0.4, 0.5) is 13.6 Å². The van der Waals surface area contributed by atoms with Crippen LogP contribution in [0.2, 0.25) is 0 Å². The molecular formula is C16H21F2NO5. The molecule has 1 aromatic rings. The molecule has 1 atom stereocenters. The van der Waals surface area contributed by atoms with Crippen LogP contribution in [0.5, 0.6) is 5.75 Å². The molecule has 0 aliphatic carbocycles. The highest BCUT2D eigenvalue weighted by molar-refractivity contribution is 5.68. The van der Waals surface area contributed by atoms with E-state index in [2.05, 4.69) is 10.1 Å². The lowest BCUT2D eigenvalue weighted by molar-refractivity contribution is -0.129. The number of carbonyl (C=O) groups excluding carboxylic acids is 2. The zero-order chi connectivity index (χ0) is 18.3. The highest BCUT2D eigenvalue weighted by Gasteiger charge is 2.22. The van der Waals surface area contributed by atoms with Crippen LogP contribution in [0.1, 0.15) is 26.3 Å². The Morgan fingerprint density at radius 1 is 1.29 bits per heavy atom. The normalized spacial score (nSPS) is 12.2. The maximum Gasteiger partial charge on any atom is 0.408 e. The van der Waals surface area contributed by atoms with Gasteiger partial charge in [-0.05, 0) is 38.8 Å². The number of halogens is 2. The summed E-state index contributed by atoms with van der Waals surface area (Å²) in [6, 6.07) is 1.13. The molecule has 24 heavy (non-hydrogen) atoms. The summed E-state index contributed by atoms with van der Waals surface area (Å²) in [5, 5.41) is 2.49. The molecule has 1 aromatic carbocycles. The van der Waals surface area contributed by atoms with Crippen molar-refractivity contribution in [3.63, 3.8) is 0 Å². The van der Waals surface area contributed by atoms with E-state index in [0.29, 0.717) is 6.07 Å². The molecule has 0 aliphatic heterocycles. The number of methoxy groups -OCH3 is 1. The third-order valence-electron chi connectivity index (χ3n) is 2.87. The second-order valence-electron chi connectivity index (χ2n) is 6.05. The predicted octanol–water partition coefficient (Wildman–Crippen LogP) is 2.58. The lowest BCUT2D eigenvalue weighted by atomic mass is 10.1. The largest absolute Gasteiger partial charge is 0.494 e. The van der Waals surface area contributed by atoms with Crippen molar-refractivity contribution in [1.82, 2.24) is 5.32 Å². The van der Waals surface area contributed by atoms with Crippen LogP contribution in [0.3, 0.4) is 0 Å². The summed E-state index contributed by atoms with van der Waals surface area (Å²) in [6.07, 6.45) is -0.785. The fraction of sp³-hybridized carbons (Fsp3) is 0.500. The summed E-state index contributed by atoms with van der Waals surface area (Å²) in [5.41, 5.74) is -0.617. The van der Waals surface area contributed by atoms with Gasteiger partial charge in [0.25, 0.3) is 6.47 Å². The number of hydrogen-bond donors (Lipinski definition) is 1. The number of nitrogens with one attached hydrogen (secondary N) is 1. The number of rotatable bonds is 7. The maximum absolute atomic E-state index is 13.9. The minimum Gasteiger partial charge on any atom is -0.494 e. The molecule has 1 rings (SSSR count). The van der Waals surface area contributed by atoms with Gasteiger partial charge in [0.2, 0.25) is 0 Å². The van der Waals surface area contributed by atoms with E-state index in [1.54, 1.807) is 20.8 Å². The van der Waals surface area contributed by atoms with Crippen LogP contribution in [-0.2, 0) is 20.7 Å². The molecule has 6 nitrogen and oxygen atoms in total. The van der Waals surface area contributed by atoms with E-state index in [9.17, 15) is 18.4 Å². The molecule has 0 heterocycles. The highest BCUT2D eigenvalue weighted by Crippen LogP contribution is 2.22. The second-order valence-corrected chi connectivity index (χ2v) is 6.05. The Morgan fingerprint density at radius 3 is 2.50 bits per heavy atom. The van der Waals surface area contributed by atoms with Gasteiger partial charge in [-0.1, -0.05) is 0 Å². The molecule has 0 aromatic heterocycles. The molecule has 0 bridgehead atoms. The van der Waals surface area contributed by atoms with Crippen LogP contribution >= 0.6 is 0 Å². The molecule has 0 saturated carbocycles. The van der Waals surface area contributed by atoms with Crippen molar-refractivity contribution in [2.45, 2.75) is 38.8 Å². The number of amides is 1. The monoisotopic (exact) mass is 344 g/mol. The van der Waals surface area contributed by atoms with Crippen LogP contribution < -0.4 is 10.1 Å². The van der Waals surface area contributed by atoms with Crippen molar-refractivity contribution < 1.29 is 32.6 Å². The first-order valence-corrected chi connectivity index (χ1v) is 7.23. The summed E-state index contributed by atoms with van der Waals surface area (Å²) in [4.78, 5) is 22.2. The standard InChI is InChI=1S/C16H21F2NO5/c1-16(2,3)24-15(21)19-11(8-23-9-20)5-10-6-14(22-4)13(18)7-12(10)17/h6-7,9,11H,5,8H2,1-4H3,(H,19,21)/i18-1. The number of benzene rings is 1. The van der Waals surface area contributed by atoms with Gasteiger partial charge >= 0.3 is 6.09 Å². The lowest BCUT2D eigenvalue weighted by Crippen LogP contribution is -2.42. The highest BCUT2D eigenvalue weighted by atomic mass is 19.1. The molecule has 0 spiro atoms. The first-order valence-electron chi connectivity index (χ1n) is 7.23. The SMILES string of the molecule is COc1cc(CC(COC=O)NC(=O)OC(C)(C)C)c(F)cc1[18F]. The van der Waals surface area contributed by atoms with Gasteiger partial charge in [0.15, 0.2) is 11.6 Å².